The fourth-order valence-electron chi connectivity index (χ4n) is 1.09. The maximum absolute atomic E-state index is 9.39. The second-order valence-electron chi connectivity index (χ2n) is 3.47. The van der Waals surface area contributed by atoms with E-state index in [-0.39, 0.29) is 18.0 Å². The van der Waals surface area contributed by atoms with Crippen molar-refractivity contribution in [2.24, 2.45) is 0 Å². The molecule has 0 fully saturated rings. The van der Waals surface area contributed by atoms with Gasteiger partial charge in [0.05, 0.1) is 12.7 Å². The van der Waals surface area contributed by atoms with E-state index in [1.807, 2.05) is 13.0 Å². The fraction of sp³-hybridized carbons (Fsp3) is 0.455. The van der Waals surface area contributed by atoms with Gasteiger partial charge >= 0.3 is 0 Å². The molecule has 0 aromatic heterocycles. The molecule has 0 bridgehead atoms. The molecule has 0 aliphatic heterocycles. The molecule has 15 heavy (non-hydrogen) atoms. The summed E-state index contributed by atoms with van der Waals surface area (Å²) in [4.78, 5) is 0.968. The van der Waals surface area contributed by atoms with Crippen molar-refractivity contribution >= 4 is 23.4 Å². The highest BCUT2D eigenvalue weighted by atomic mass is 35.5. The Morgan fingerprint density at radius 3 is 2.60 bits per heavy atom. The molecule has 2 nitrogen and oxygen atoms in total. The summed E-state index contributed by atoms with van der Waals surface area (Å²) in [6.45, 7) is 3.67. The Bertz CT molecular complexity index is 328. The van der Waals surface area contributed by atoms with Gasteiger partial charge in [0.15, 0.2) is 0 Å². The predicted octanol–water partition coefficient (Wildman–Crippen LogP) is 2.69. The molecule has 1 rings (SSSR count). The Hall–Kier alpha value is -0.220. The van der Waals surface area contributed by atoms with E-state index in [1.165, 1.54) is 0 Å². The monoisotopic (exact) mass is 246 g/mol. The SMILES string of the molecule is CC(O)C(C)Sc1ccc(Cl)cc1CO. The van der Waals surface area contributed by atoms with Crippen LogP contribution in [0.4, 0.5) is 0 Å². The Labute approximate surface area is 99.3 Å². The van der Waals surface area contributed by atoms with E-state index >= 15 is 0 Å². The summed E-state index contributed by atoms with van der Waals surface area (Å²) in [6, 6.07) is 5.41. The van der Waals surface area contributed by atoms with Crippen molar-refractivity contribution in [2.45, 2.75) is 36.7 Å². The zero-order valence-corrected chi connectivity index (χ0v) is 10.3. The molecular weight excluding hydrogens is 232 g/mol. The summed E-state index contributed by atoms with van der Waals surface area (Å²) in [7, 11) is 0. The fourth-order valence-corrected chi connectivity index (χ4v) is 2.30. The number of hydrogen-bond donors (Lipinski definition) is 2. The van der Waals surface area contributed by atoms with Gasteiger partial charge in [-0.25, -0.2) is 0 Å². The van der Waals surface area contributed by atoms with Crippen molar-refractivity contribution in [1.82, 2.24) is 0 Å². The third kappa shape index (κ3) is 3.68. The van der Waals surface area contributed by atoms with Crippen LogP contribution in [0, 0.1) is 0 Å². The molecule has 0 heterocycles. The quantitative estimate of drug-likeness (QED) is 0.803. The molecule has 2 N–H and O–H groups in total. The Kier molecular flexibility index (Phi) is 4.93. The summed E-state index contributed by atoms with van der Waals surface area (Å²) in [5.74, 6) is 0. The third-order valence-electron chi connectivity index (χ3n) is 2.19. The van der Waals surface area contributed by atoms with Gasteiger partial charge in [-0.2, -0.15) is 0 Å². The summed E-state index contributed by atoms with van der Waals surface area (Å²) >= 11 is 7.37. The average molecular weight is 247 g/mol. The molecule has 1 aromatic rings. The van der Waals surface area contributed by atoms with Crippen LogP contribution in [0.5, 0.6) is 0 Å². The molecule has 0 amide bonds. The summed E-state index contributed by atoms with van der Waals surface area (Å²) < 4.78 is 0. The maximum Gasteiger partial charge on any atom is 0.0693 e. The van der Waals surface area contributed by atoms with Gasteiger partial charge in [0, 0.05) is 15.2 Å². The van der Waals surface area contributed by atoms with Crippen molar-refractivity contribution in [3.63, 3.8) is 0 Å². The first kappa shape index (κ1) is 12.8. The summed E-state index contributed by atoms with van der Waals surface area (Å²) in [6.07, 6.45) is -0.378. The lowest BCUT2D eigenvalue weighted by Gasteiger charge is -2.16. The van der Waals surface area contributed by atoms with Crippen LogP contribution in [-0.4, -0.2) is 21.6 Å². The number of halogens is 1. The Balaban J connectivity index is 2.84. The second-order valence-corrected chi connectivity index (χ2v) is 5.33. The van der Waals surface area contributed by atoms with E-state index in [2.05, 4.69) is 0 Å². The van der Waals surface area contributed by atoms with E-state index in [9.17, 15) is 5.11 Å². The highest BCUT2D eigenvalue weighted by Crippen LogP contribution is 2.30. The zero-order chi connectivity index (χ0) is 11.4. The number of aliphatic hydroxyl groups excluding tert-OH is 2. The molecule has 4 heteroatoms. The van der Waals surface area contributed by atoms with Gasteiger partial charge in [0.25, 0.3) is 0 Å². The zero-order valence-electron chi connectivity index (χ0n) is 8.77. The normalized spacial score (nSPS) is 15.0. The molecule has 0 saturated heterocycles. The lowest BCUT2D eigenvalue weighted by atomic mass is 10.2. The van der Waals surface area contributed by atoms with Gasteiger partial charge in [-0.05, 0) is 30.7 Å². The van der Waals surface area contributed by atoms with Crippen LogP contribution >= 0.6 is 23.4 Å². The third-order valence-corrected chi connectivity index (χ3v) is 3.84. The summed E-state index contributed by atoms with van der Waals surface area (Å²) in [5.41, 5.74) is 0.806. The second kappa shape index (κ2) is 5.75. The number of aliphatic hydroxyl groups is 2. The van der Waals surface area contributed by atoms with Crippen molar-refractivity contribution in [2.75, 3.05) is 0 Å². The minimum Gasteiger partial charge on any atom is -0.392 e. The van der Waals surface area contributed by atoms with Crippen LogP contribution in [0.2, 0.25) is 5.02 Å². The Morgan fingerprint density at radius 2 is 2.07 bits per heavy atom. The molecule has 0 saturated carbocycles. The van der Waals surface area contributed by atoms with Gasteiger partial charge in [0.2, 0.25) is 0 Å². The largest absolute Gasteiger partial charge is 0.392 e. The van der Waals surface area contributed by atoms with E-state index in [0.717, 1.165) is 10.5 Å². The molecule has 0 radical (unpaired) electrons. The van der Waals surface area contributed by atoms with Crippen molar-refractivity contribution in [1.29, 1.82) is 0 Å². The minimum atomic E-state index is -0.378. The minimum absolute atomic E-state index is 0.0323. The molecule has 0 spiro atoms. The maximum atomic E-state index is 9.39. The Morgan fingerprint density at radius 1 is 1.40 bits per heavy atom. The molecule has 0 aliphatic carbocycles. The van der Waals surface area contributed by atoms with E-state index in [0.29, 0.717) is 5.02 Å². The molecule has 2 unspecified atom stereocenters. The van der Waals surface area contributed by atoms with E-state index in [4.69, 9.17) is 16.7 Å². The average Bonchev–Trinajstić information content (AvgIpc) is 2.20. The summed E-state index contributed by atoms with van der Waals surface area (Å²) in [5, 5.41) is 19.3. The lowest BCUT2D eigenvalue weighted by Crippen LogP contribution is -2.15. The molecular formula is C11H15ClO2S. The van der Waals surface area contributed by atoms with Crippen molar-refractivity contribution in [3.05, 3.63) is 28.8 Å². The van der Waals surface area contributed by atoms with Crippen LogP contribution < -0.4 is 0 Å². The highest BCUT2D eigenvalue weighted by Gasteiger charge is 2.12. The van der Waals surface area contributed by atoms with Gasteiger partial charge < -0.3 is 10.2 Å². The van der Waals surface area contributed by atoms with Crippen LogP contribution in [0.1, 0.15) is 19.4 Å². The molecule has 0 aliphatic rings. The van der Waals surface area contributed by atoms with Crippen LogP contribution in [0.3, 0.4) is 0 Å². The number of benzene rings is 1. The molecule has 1 aromatic carbocycles. The first-order valence-corrected chi connectivity index (χ1v) is 6.04. The topological polar surface area (TPSA) is 40.5 Å². The number of rotatable bonds is 4. The molecule has 2 atom stereocenters. The predicted molar refractivity (Wildman–Crippen MR) is 64.4 cm³/mol. The van der Waals surface area contributed by atoms with E-state index in [1.54, 1.807) is 30.8 Å². The van der Waals surface area contributed by atoms with Crippen LogP contribution in [0.25, 0.3) is 0 Å². The number of thioether (sulfide) groups is 1. The van der Waals surface area contributed by atoms with Crippen molar-refractivity contribution < 1.29 is 10.2 Å². The smallest absolute Gasteiger partial charge is 0.0693 e. The first-order chi connectivity index (χ1) is 7.04. The van der Waals surface area contributed by atoms with Crippen molar-refractivity contribution in [3.8, 4) is 0 Å². The van der Waals surface area contributed by atoms with E-state index < -0.39 is 0 Å². The van der Waals surface area contributed by atoms with Gasteiger partial charge in [-0.3, -0.25) is 0 Å². The highest BCUT2D eigenvalue weighted by molar-refractivity contribution is 8.00. The number of hydrogen-bond acceptors (Lipinski definition) is 3. The standard InChI is InChI=1S/C11H15ClO2S/c1-7(14)8(2)15-11-4-3-10(12)5-9(11)6-13/h3-5,7-8,13-14H,6H2,1-2H3. The van der Waals surface area contributed by atoms with Gasteiger partial charge in [-0.1, -0.05) is 18.5 Å². The van der Waals surface area contributed by atoms with Crippen LogP contribution in [0.15, 0.2) is 23.1 Å². The lowest BCUT2D eigenvalue weighted by molar-refractivity contribution is 0.196. The first-order valence-electron chi connectivity index (χ1n) is 4.78. The van der Waals surface area contributed by atoms with Crippen LogP contribution in [-0.2, 0) is 6.61 Å². The van der Waals surface area contributed by atoms with Gasteiger partial charge in [-0.15, -0.1) is 11.8 Å². The molecule has 84 valence electrons. The van der Waals surface area contributed by atoms with Gasteiger partial charge in [0.1, 0.15) is 0 Å².